The zero-order valence-corrected chi connectivity index (χ0v) is 20.4. The lowest BCUT2D eigenvalue weighted by Crippen LogP contribution is -2.46. The molecule has 0 aromatic heterocycles. The first kappa shape index (κ1) is 25.1. The van der Waals surface area contributed by atoms with Crippen LogP contribution < -0.4 is 4.74 Å². The Morgan fingerprint density at radius 1 is 1.18 bits per heavy atom. The van der Waals surface area contributed by atoms with Crippen LogP contribution in [0.2, 0.25) is 5.02 Å². The average Bonchev–Trinajstić information content (AvgIpc) is 2.81. The van der Waals surface area contributed by atoms with Gasteiger partial charge >= 0.3 is 0 Å². The highest BCUT2D eigenvalue weighted by molar-refractivity contribution is 7.90. The van der Waals surface area contributed by atoms with Crippen LogP contribution in [0.15, 0.2) is 53.4 Å². The van der Waals surface area contributed by atoms with E-state index in [0.717, 1.165) is 19.1 Å². The van der Waals surface area contributed by atoms with E-state index in [0.29, 0.717) is 49.0 Å². The fourth-order valence-corrected chi connectivity index (χ4v) is 4.63. The van der Waals surface area contributed by atoms with E-state index in [-0.39, 0.29) is 22.6 Å². The molecule has 7 nitrogen and oxygen atoms in total. The van der Waals surface area contributed by atoms with Crippen molar-refractivity contribution in [3.8, 4) is 5.75 Å². The normalized spacial score (nSPS) is 16.3. The number of ether oxygens (including phenoxy) is 1. The van der Waals surface area contributed by atoms with Crippen molar-refractivity contribution in [1.82, 2.24) is 9.80 Å². The number of hydrogen-bond acceptors (Lipinski definition) is 5. The van der Waals surface area contributed by atoms with Crippen molar-refractivity contribution < 1.29 is 22.7 Å². The fourth-order valence-electron chi connectivity index (χ4n) is 3.85. The van der Waals surface area contributed by atoms with Gasteiger partial charge < -0.3 is 14.5 Å². The number of carbonyl (C=O) groups is 2. The molecule has 1 aliphatic heterocycles. The van der Waals surface area contributed by atoms with Crippen LogP contribution in [0.4, 0.5) is 0 Å². The molecule has 2 aromatic rings. The van der Waals surface area contributed by atoms with E-state index >= 15 is 0 Å². The lowest BCUT2D eigenvalue weighted by molar-refractivity contribution is -0.135. The number of likely N-dealkylation sites (tertiary alicyclic amines) is 1. The number of rotatable bonds is 8. The molecule has 33 heavy (non-hydrogen) atoms. The maximum Gasteiger partial charge on any atom is 0.253 e. The highest BCUT2D eigenvalue weighted by Gasteiger charge is 2.30. The Bertz CT molecular complexity index is 1090. The quantitative estimate of drug-likeness (QED) is 0.526. The number of carbonyl (C=O) groups excluding carboxylic acids is 2. The van der Waals surface area contributed by atoms with Crippen molar-refractivity contribution >= 4 is 33.3 Å². The van der Waals surface area contributed by atoms with E-state index in [1.54, 1.807) is 53.2 Å². The monoisotopic (exact) mass is 492 g/mol. The zero-order valence-electron chi connectivity index (χ0n) is 18.9. The van der Waals surface area contributed by atoms with E-state index < -0.39 is 9.84 Å². The molecule has 1 fully saturated rings. The summed E-state index contributed by atoms with van der Waals surface area (Å²) in [6.45, 7) is 1.90. The Balaban J connectivity index is 1.47. The number of nitrogens with zero attached hydrogens (tertiary/aromatic N) is 2. The predicted octanol–water partition coefficient (Wildman–Crippen LogP) is 3.52. The average molecular weight is 493 g/mol. The first-order valence-electron chi connectivity index (χ1n) is 10.9. The predicted molar refractivity (Wildman–Crippen MR) is 127 cm³/mol. The number of hydrogen-bond donors (Lipinski definition) is 0. The number of benzene rings is 2. The van der Waals surface area contributed by atoms with E-state index in [4.69, 9.17) is 16.3 Å². The van der Waals surface area contributed by atoms with Gasteiger partial charge in [-0.05, 0) is 61.7 Å². The molecule has 0 aliphatic carbocycles. The van der Waals surface area contributed by atoms with Gasteiger partial charge in [-0.1, -0.05) is 17.7 Å². The standard InChI is InChI=1S/C24H29ClN2O5S/c1-26(13-5-15-32-21-7-3-8-22(16-21)33(2,30)31)23(28)19-6-4-14-27(17-19)24(29)18-9-11-20(25)12-10-18/h3,7-12,16,19H,4-6,13-15,17H2,1-2H3. The Hall–Kier alpha value is -2.58. The number of halogens is 1. The van der Waals surface area contributed by atoms with Gasteiger partial charge in [0.05, 0.1) is 17.4 Å². The van der Waals surface area contributed by atoms with Crippen LogP contribution in [0.3, 0.4) is 0 Å². The molecule has 0 saturated carbocycles. The first-order chi connectivity index (χ1) is 15.6. The van der Waals surface area contributed by atoms with Gasteiger partial charge in [-0.3, -0.25) is 9.59 Å². The maximum absolute atomic E-state index is 12.9. The molecular formula is C24H29ClN2O5S. The molecule has 3 rings (SSSR count). The van der Waals surface area contributed by atoms with Gasteiger partial charge in [-0.25, -0.2) is 8.42 Å². The minimum Gasteiger partial charge on any atom is -0.493 e. The molecule has 0 bridgehead atoms. The van der Waals surface area contributed by atoms with Crippen LogP contribution in [-0.2, 0) is 14.6 Å². The molecule has 1 saturated heterocycles. The van der Waals surface area contributed by atoms with Gasteiger partial charge in [0, 0.05) is 43.5 Å². The fraction of sp³-hybridized carbons (Fsp3) is 0.417. The minimum atomic E-state index is -3.29. The van der Waals surface area contributed by atoms with Crippen molar-refractivity contribution in [3.63, 3.8) is 0 Å². The Morgan fingerprint density at radius 2 is 1.91 bits per heavy atom. The molecule has 9 heteroatoms. The highest BCUT2D eigenvalue weighted by atomic mass is 35.5. The molecule has 0 spiro atoms. The summed E-state index contributed by atoms with van der Waals surface area (Å²) in [5.41, 5.74) is 0.568. The lowest BCUT2D eigenvalue weighted by Gasteiger charge is -2.34. The van der Waals surface area contributed by atoms with Crippen molar-refractivity contribution in [2.45, 2.75) is 24.2 Å². The second-order valence-corrected chi connectivity index (χ2v) is 10.8. The molecule has 0 radical (unpaired) electrons. The molecule has 2 amide bonds. The summed E-state index contributed by atoms with van der Waals surface area (Å²) in [4.78, 5) is 29.3. The van der Waals surface area contributed by atoms with Crippen LogP contribution in [-0.4, -0.2) is 69.6 Å². The Labute approximate surface area is 200 Å². The van der Waals surface area contributed by atoms with Crippen LogP contribution in [0.25, 0.3) is 0 Å². The van der Waals surface area contributed by atoms with E-state index in [9.17, 15) is 18.0 Å². The van der Waals surface area contributed by atoms with Gasteiger partial charge in [0.2, 0.25) is 5.91 Å². The van der Waals surface area contributed by atoms with Crippen LogP contribution in [0.1, 0.15) is 29.6 Å². The van der Waals surface area contributed by atoms with Gasteiger partial charge in [0.25, 0.3) is 5.91 Å². The zero-order chi connectivity index (χ0) is 24.0. The second-order valence-electron chi connectivity index (χ2n) is 8.31. The van der Waals surface area contributed by atoms with Gasteiger partial charge in [0.1, 0.15) is 5.75 Å². The SMILES string of the molecule is CN(CCCOc1cccc(S(C)(=O)=O)c1)C(=O)C1CCCN(C(=O)c2ccc(Cl)cc2)C1. The summed E-state index contributed by atoms with van der Waals surface area (Å²) in [5.74, 6) is 0.183. The molecule has 0 N–H and O–H groups in total. The summed E-state index contributed by atoms with van der Waals surface area (Å²) in [7, 11) is -1.53. The third-order valence-electron chi connectivity index (χ3n) is 5.67. The molecular weight excluding hydrogens is 464 g/mol. The van der Waals surface area contributed by atoms with Gasteiger partial charge in [0.15, 0.2) is 9.84 Å². The largest absolute Gasteiger partial charge is 0.493 e. The summed E-state index contributed by atoms with van der Waals surface area (Å²) in [5, 5.41) is 0.576. The summed E-state index contributed by atoms with van der Waals surface area (Å²) >= 11 is 5.91. The van der Waals surface area contributed by atoms with E-state index in [1.165, 1.54) is 12.1 Å². The number of sulfone groups is 1. The van der Waals surface area contributed by atoms with Gasteiger partial charge in [-0.2, -0.15) is 0 Å². The Kier molecular flexibility index (Phi) is 8.37. The maximum atomic E-state index is 12.9. The topological polar surface area (TPSA) is 84.0 Å². The number of piperidine rings is 1. The van der Waals surface area contributed by atoms with E-state index in [1.807, 2.05) is 0 Å². The molecule has 1 aliphatic rings. The highest BCUT2D eigenvalue weighted by Crippen LogP contribution is 2.22. The van der Waals surface area contributed by atoms with Crippen molar-refractivity contribution in [2.24, 2.45) is 5.92 Å². The Morgan fingerprint density at radius 3 is 2.61 bits per heavy atom. The van der Waals surface area contributed by atoms with Crippen molar-refractivity contribution in [2.75, 3.05) is 39.5 Å². The van der Waals surface area contributed by atoms with Crippen molar-refractivity contribution in [1.29, 1.82) is 0 Å². The third-order valence-corrected chi connectivity index (χ3v) is 7.03. The van der Waals surface area contributed by atoms with Gasteiger partial charge in [-0.15, -0.1) is 0 Å². The lowest BCUT2D eigenvalue weighted by atomic mass is 9.96. The third kappa shape index (κ3) is 6.95. The molecule has 178 valence electrons. The molecule has 1 heterocycles. The summed E-state index contributed by atoms with van der Waals surface area (Å²) in [6, 6.07) is 13.2. The summed E-state index contributed by atoms with van der Waals surface area (Å²) < 4.78 is 29.0. The summed E-state index contributed by atoms with van der Waals surface area (Å²) in [6.07, 6.45) is 3.29. The molecule has 2 aromatic carbocycles. The van der Waals surface area contributed by atoms with Crippen molar-refractivity contribution in [3.05, 3.63) is 59.1 Å². The minimum absolute atomic E-state index is 0.0164. The first-order valence-corrected chi connectivity index (χ1v) is 13.1. The van der Waals surface area contributed by atoms with Crippen LogP contribution >= 0.6 is 11.6 Å². The smallest absolute Gasteiger partial charge is 0.253 e. The number of amides is 2. The molecule has 1 atom stereocenters. The van der Waals surface area contributed by atoms with E-state index in [2.05, 4.69) is 0 Å². The van der Waals surface area contributed by atoms with Crippen LogP contribution in [0, 0.1) is 5.92 Å². The van der Waals surface area contributed by atoms with Crippen LogP contribution in [0.5, 0.6) is 5.75 Å². The second kappa shape index (κ2) is 11.0. The molecule has 1 unspecified atom stereocenters.